The van der Waals surface area contributed by atoms with E-state index in [1.165, 1.54) is 0 Å². The number of nitrogens with one attached hydrogen (secondary N) is 1. The second-order valence-corrected chi connectivity index (χ2v) is 8.11. The first-order valence-corrected chi connectivity index (χ1v) is 11.1. The second-order valence-electron chi connectivity index (χ2n) is 8.11. The quantitative estimate of drug-likeness (QED) is 0.566. The Morgan fingerprint density at radius 3 is 2.68 bits per heavy atom. The number of aryl methyl sites for hydroxylation is 2. The number of amides is 2. The van der Waals surface area contributed by atoms with Crippen molar-refractivity contribution in [2.45, 2.75) is 26.8 Å². The Kier molecular flexibility index (Phi) is 7.05. The predicted octanol–water partition coefficient (Wildman–Crippen LogP) is 2.11. The molecule has 3 heterocycles. The summed E-state index contributed by atoms with van der Waals surface area (Å²) in [6, 6.07) is 5.84. The fraction of sp³-hybridized carbons (Fsp3) is 0.375. The number of oxazole rings is 1. The smallest absolute Gasteiger partial charge is 0.239 e. The van der Waals surface area contributed by atoms with Crippen LogP contribution in [0, 0.1) is 13.8 Å². The number of rotatable bonds is 7. The highest BCUT2D eigenvalue weighted by Gasteiger charge is 2.24. The maximum absolute atomic E-state index is 12.7. The lowest BCUT2D eigenvalue weighted by Gasteiger charge is -2.24. The highest BCUT2D eigenvalue weighted by molar-refractivity contribution is 5.85. The number of nitrogens with zero attached hydrogens (tertiary/aromatic N) is 5. The Hall–Kier alpha value is -3.95. The average molecular weight is 465 g/mol. The molecule has 10 nitrogen and oxygen atoms in total. The number of benzene rings is 1. The van der Waals surface area contributed by atoms with Crippen LogP contribution in [0.2, 0.25) is 0 Å². The number of methoxy groups -OCH3 is 1. The van der Waals surface area contributed by atoms with Gasteiger partial charge in [-0.15, -0.1) is 0 Å². The summed E-state index contributed by atoms with van der Waals surface area (Å²) in [4.78, 5) is 41.3. The zero-order chi connectivity index (χ0) is 24.1. The molecule has 0 radical (unpaired) electrons. The molecule has 1 aliphatic heterocycles. The van der Waals surface area contributed by atoms with Crippen LogP contribution in [0.1, 0.15) is 23.7 Å². The van der Waals surface area contributed by atoms with Gasteiger partial charge >= 0.3 is 0 Å². The lowest BCUT2D eigenvalue weighted by Crippen LogP contribution is -2.41. The summed E-state index contributed by atoms with van der Waals surface area (Å²) in [6.07, 6.45) is 5.28. The van der Waals surface area contributed by atoms with Crippen molar-refractivity contribution in [2.24, 2.45) is 0 Å². The third-order valence-corrected chi connectivity index (χ3v) is 5.66. The van der Waals surface area contributed by atoms with Gasteiger partial charge in [-0.2, -0.15) is 0 Å². The van der Waals surface area contributed by atoms with Crippen molar-refractivity contribution >= 4 is 17.5 Å². The van der Waals surface area contributed by atoms with Gasteiger partial charge < -0.3 is 24.3 Å². The Morgan fingerprint density at radius 2 is 1.97 bits per heavy atom. The molecule has 0 unspecified atom stereocenters. The van der Waals surface area contributed by atoms with Crippen LogP contribution in [0.25, 0.3) is 11.3 Å². The molecule has 1 N–H and O–H groups in total. The van der Waals surface area contributed by atoms with Crippen LogP contribution in [0.3, 0.4) is 0 Å². The molecule has 1 fully saturated rings. The van der Waals surface area contributed by atoms with Gasteiger partial charge in [0.25, 0.3) is 0 Å². The van der Waals surface area contributed by atoms with Crippen molar-refractivity contribution in [3.8, 4) is 17.1 Å². The highest BCUT2D eigenvalue weighted by atomic mass is 16.5. The Morgan fingerprint density at radius 1 is 1.12 bits per heavy atom. The number of anilines is 1. The molecule has 2 amide bonds. The van der Waals surface area contributed by atoms with Gasteiger partial charge in [-0.25, -0.2) is 4.98 Å². The Balaban J connectivity index is 1.37. The number of ether oxygens (including phenoxy) is 1. The summed E-state index contributed by atoms with van der Waals surface area (Å²) in [6.45, 7) is 5.54. The SMILES string of the molecule is COc1cc(N2CCC(=O)N(CC(=O)NCc3cnc(C)cn3)CC2)ccc1-c1cnc(C)o1. The van der Waals surface area contributed by atoms with Gasteiger partial charge in [-0.3, -0.25) is 19.6 Å². The van der Waals surface area contributed by atoms with E-state index < -0.39 is 0 Å². The van der Waals surface area contributed by atoms with Crippen molar-refractivity contribution in [1.82, 2.24) is 25.2 Å². The second kappa shape index (κ2) is 10.3. The summed E-state index contributed by atoms with van der Waals surface area (Å²) in [5, 5.41) is 2.81. The molecule has 0 spiro atoms. The van der Waals surface area contributed by atoms with E-state index in [4.69, 9.17) is 9.15 Å². The molecule has 4 rings (SSSR count). The standard InChI is InChI=1S/C24H28N6O4/c1-16-11-27-18(12-25-16)13-28-23(31)15-30-9-8-29(7-6-24(30)32)19-4-5-20(21(10-19)33-3)22-14-26-17(2)34-22/h4-5,10-12,14H,6-9,13,15H2,1-3H3,(H,28,31). The number of carbonyl (C=O) groups excluding carboxylic acids is 2. The van der Waals surface area contributed by atoms with E-state index >= 15 is 0 Å². The molecule has 0 bridgehead atoms. The first-order chi connectivity index (χ1) is 16.4. The molecule has 1 aliphatic rings. The van der Waals surface area contributed by atoms with Crippen LogP contribution in [-0.4, -0.2) is 65.0 Å². The molecule has 0 atom stereocenters. The zero-order valence-electron chi connectivity index (χ0n) is 19.6. The lowest BCUT2D eigenvalue weighted by molar-refractivity contribution is -0.135. The van der Waals surface area contributed by atoms with Gasteiger partial charge in [0, 0.05) is 50.9 Å². The maximum Gasteiger partial charge on any atom is 0.239 e. The van der Waals surface area contributed by atoms with Crippen molar-refractivity contribution in [3.63, 3.8) is 0 Å². The number of hydrogen-bond donors (Lipinski definition) is 1. The van der Waals surface area contributed by atoms with Gasteiger partial charge in [0.15, 0.2) is 11.7 Å². The third kappa shape index (κ3) is 5.51. The van der Waals surface area contributed by atoms with Crippen LogP contribution in [-0.2, 0) is 16.1 Å². The van der Waals surface area contributed by atoms with Gasteiger partial charge in [-0.1, -0.05) is 0 Å². The molecule has 0 saturated carbocycles. The monoisotopic (exact) mass is 464 g/mol. The topological polar surface area (TPSA) is 114 Å². The highest BCUT2D eigenvalue weighted by Crippen LogP contribution is 2.34. The van der Waals surface area contributed by atoms with Crippen molar-refractivity contribution in [3.05, 3.63) is 54.1 Å². The van der Waals surface area contributed by atoms with Crippen LogP contribution in [0.4, 0.5) is 5.69 Å². The number of carbonyl (C=O) groups is 2. The Labute approximate surface area is 198 Å². The summed E-state index contributed by atoms with van der Waals surface area (Å²) in [5.74, 6) is 1.62. The minimum absolute atomic E-state index is 0.0130. The Bertz CT molecular complexity index is 1160. The van der Waals surface area contributed by atoms with Crippen molar-refractivity contribution in [2.75, 3.05) is 38.2 Å². The van der Waals surface area contributed by atoms with Gasteiger partial charge in [-0.05, 0) is 19.1 Å². The van der Waals surface area contributed by atoms with Crippen LogP contribution >= 0.6 is 0 Å². The minimum Gasteiger partial charge on any atom is -0.496 e. The molecule has 1 saturated heterocycles. The van der Waals surface area contributed by atoms with Crippen LogP contribution in [0.5, 0.6) is 5.75 Å². The van der Waals surface area contributed by atoms with Crippen LogP contribution < -0.4 is 15.0 Å². The van der Waals surface area contributed by atoms with Gasteiger partial charge in [0.2, 0.25) is 11.8 Å². The first-order valence-electron chi connectivity index (χ1n) is 11.1. The van der Waals surface area contributed by atoms with Crippen LogP contribution in [0.15, 0.2) is 41.2 Å². The van der Waals surface area contributed by atoms with E-state index in [9.17, 15) is 9.59 Å². The summed E-state index contributed by atoms with van der Waals surface area (Å²) >= 11 is 0. The normalized spacial score (nSPS) is 14.1. The zero-order valence-corrected chi connectivity index (χ0v) is 19.6. The first kappa shape index (κ1) is 23.2. The minimum atomic E-state index is -0.224. The molecule has 1 aromatic carbocycles. The largest absolute Gasteiger partial charge is 0.496 e. The molecule has 178 valence electrons. The third-order valence-electron chi connectivity index (χ3n) is 5.66. The summed E-state index contributed by atoms with van der Waals surface area (Å²) in [5.41, 5.74) is 3.24. The molecule has 2 aromatic heterocycles. The number of hydrogen-bond acceptors (Lipinski definition) is 8. The van der Waals surface area contributed by atoms with E-state index in [1.54, 1.807) is 37.5 Å². The lowest BCUT2D eigenvalue weighted by atomic mass is 10.1. The van der Waals surface area contributed by atoms with E-state index in [1.807, 2.05) is 25.1 Å². The van der Waals surface area contributed by atoms with E-state index in [-0.39, 0.29) is 24.9 Å². The van der Waals surface area contributed by atoms with E-state index in [2.05, 4.69) is 25.2 Å². The summed E-state index contributed by atoms with van der Waals surface area (Å²) in [7, 11) is 1.61. The van der Waals surface area contributed by atoms with Crippen molar-refractivity contribution < 1.29 is 18.7 Å². The van der Waals surface area contributed by atoms with E-state index in [0.717, 1.165) is 16.9 Å². The average Bonchev–Trinajstić information content (AvgIpc) is 3.19. The molecular weight excluding hydrogens is 436 g/mol. The fourth-order valence-electron chi connectivity index (χ4n) is 3.79. The van der Waals surface area contributed by atoms with Gasteiger partial charge in [0.05, 0.1) is 49.5 Å². The molecule has 3 aromatic rings. The molecule has 0 aliphatic carbocycles. The number of aromatic nitrogens is 3. The molecule has 10 heteroatoms. The van der Waals surface area contributed by atoms with E-state index in [0.29, 0.717) is 49.1 Å². The molecular formula is C24H28N6O4. The van der Waals surface area contributed by atoms with Gasteiger partial charge in [0.1, 0.15) is 5.75 Å². The maximum atomic E-state index is 12.7. The predicted molar refractivity (Wildman–Crippen MR) is 125 cm³/mol. The van der Waals surface area contributed by atoms with Crippen molar-refractivity contribution in [1.29, 1.82) is 0 Å². The fourth-order valence-corrected chi connectivity index (χ4v) is 3.79. The molecule has 34 heavy (non-hydrogen) atoms. The summed E-state index contributed by atoms with van der Waals surface area (Å²) < 4.78 is 11.2.